The molecule has 1 fully saturated rings. The summed E-state index contributed by atoms with van der Waals surface area (Å²) in [6, 6.07) is 5.48. The molecule has 0 spiro atoms. The van der Waals surface area contributed by atoms with Crippen LogP contribution in [0.15, 0.2) is 18.2 Å². The van der Waals surface area contributed by atoms with Gasteiger partial charge in [-0.1, -0.05) is 18.0 Å². The van der Waals surface area contributed by atoms with E-state index in [2.05, 4.69) is 0 Å². The Morgan fingerprint density at radius 2 is 2.12 bits per heavy atom. The summed E-state index contributed by atoms with van der Waals surface area (Å²) in [5.41, 5.74) is 0.973. The maximum Gasteiger partial charge on any atom is 0.224 e. The summed E-state index contributed by atoms with van der Waals surface area (Å²) >= 11 is 5.93. The highest BCUT2D eigenvalue weighted by Gasteiger charge is 2.18. The first kappa shape index (κ1) is 19.6. The second kappa shape index (κ2) is 9.66. The minimum atomic E-state index is 0.0356. The standard InChI is InChI=1S/C19H27ClN2O3/c1-15-14-16(20)7-8-17(15)25-13-12-21(2)18(23)9-11-22-10-5-3-4-6-19(22)24/h7-8,14H,3-6,9-13H2,1-2H3. The zero-order valence-corrected chi connectivity index (χ0v) is 15.8. The first-order chi connectivity index (χ1) is 12.0. The fraction of sp³-hybridized carbons (Fsp3) is 0.579. The van der Waals surface area contributed by atoms with Crippen LogP contribution in [-0.4, -0.2) is 54.9 Å². The van der Waals surface area contributed by atoms with E-state index in [1.54, 1.807) is 18.0 Å². The van der Waals surface area contributed by atoms with E-state index in [1.165, 1.54) is 0 Å². The second-order valence-corrected chi connectivity index (χ2v) is 6.95. The lowest BCUT2D eigenvalue weighted by molar-refractivity contribution is -0.133. The third-order valence-electron chi connectivity index (χ3n) is 4.51. The predicted octanol–water partition coefficient (Wildman–Crippen LogP) is 3.28. The van der Waals surface area contributed by atoms with Gasteiger partial charge in [0.1, 0.15) is 12.4 Å². The van der Waals surface area contributed by atoms with Crippen LogP contribution in [0.2, 0.25) is 5.02 Å². The number of hydrogen-bond donors (Lipinski definition) is 0. The van der Waals surface area contributed by atoms with Crippen LogP contribution in [0.25, 0.3) is 0 Å². The minimum Gasteiger partial charge on any atom is -0.491 e. The number of amides is 2. The summed E-state index contributed by atoms with van der Waals surface area (Å²) in [6.07, 6.45) is 4.06. The van der Waals surface area contributed by atoms with E-state index in [0.29, 0.717) is 37.6 Å². The molecule has 2 rings (SSSR count). The van der Waals surface area contributed by atoms with Gasteiger partial charge in [0, 0.05) is 38.0 Å². The van der Waals surface area contributed by atoms with Crippen molar-refractivity contribution in [2.75, 3.05) is 33.3 Å². The maximum atomic E-state index is 12.2. The van der Waals surface area contributed by atoms with E-state index in [0.717, 1.165) is 37.1 Å². The number of rotatable bonds is 7. The van der Waals surface area contributed by atoms with E-state index in [9.17, 15) is 9.59 Å². The smallest absolute Gasteiger partial charge is 0.224 e. The Kier molecular flexibility index (Phi) is 7.56. The van der Waals surface area contributed by atoms with Gasteiger partial charge in [-0.3, -0.25) is 9.59 Å². The Labute approximate surface area is 154 Å². The molecule has 0 aromatic heterocycles. The zero-order chi connectivity index (χ0) is 18.2. The summed E-state index contributed by atoms with van der Waals surface area (Å²) in [5.74, 6) is 0.989. The van der Waals surface area contributed by atoms with E-state index < -0.39 is 0 Å². The van der Waals surface area contributed by atoms with Crippen LogP contribution in [0.1, 0.15) is 37.7 Å². The lowest BCUT2D eigenvalue weighted by Crippen LogP contribution is -2.36. The molecule has 0 aliphatic carbocycles. The number of benzene rings is 1. The number of hydrogen-bond acceptors (Lipinski definition) is 3. The Balaban J connectivity index is 1.71. The first-order valence-electron chi connectivity index (χ1n) is 8.88. The molecule has 6 heteroatoms. The molecular weight excluding hydrogens is 340 g/mol. The number of ether oxygens (including phenoxy) is 1. The topological polar surface area (TPSA) is 49.9 Å². The van der Waals surface area contributed by atoms with Gasteiger partial charge in [-0.15, -0.1) is 0 Å². The molecule has 25 heavy (non-hydrogen) atoms. The fourth-order valence-electron chi connectivity index (χ4n) is 2.89. The van der Waals surface area contributed by atoms with Gasteiger partial charge in [-0.25, -0.2) is 0 Å². The molecule has 0 N–H and O–H groups in total. The number of nitrogens with zero attached hydrogens (tertiary/aromatic N) is 2. The fourth-order valence-corrected chi connectivity index (χ4v) is 3.12. The van der Waals surface area contributed by atoms with Crippen LogP contribution in [-0.2, 0) is 9.59 Å². The van der Waals surface area contributed by atoms with Crippen LogP contribution in [0.5, 0.6) is 5.75 Å². The molecular formula is C19H27ClN2O3. The van der Waals surface area contributed by atoms with Crippen molar-refractivity contribution in [3.63, 3.8) is 0 Å². The van der Waals surface area contributed by atoms with Crippen molar-refractivity contribution in [1.29, 1.82) is 0 Å². The highest BCUT2D eigenvalue weighted by molar-refractivity contribution is 6.30. The van der Waals surface area contributed by atoms with Gasteiger partial charge in [0.25, 0.3) is 0 Å². The Morgan fingerprint density at radius 3 is 2.88 bits per heavy atom. The Bertz CT molecular complexity index is 606. The minimum absolute atomic E-state index is 0.0356. The largest absolute Gasteiger partial charge is 0.491 e. The zero-order valence-electron chi connectivity index (χ0n) is 15.1. The molecule has 1 aromatic carbocycles. The van der Waals surface area contributed by atoms with Crippen molar-refractivity contribution < 1.29 is 14.3 Å². The molecule has 1 saturated heterocycles. The SMILES string of the molecule is Cc1cc(Cl)ccc1OCCN(C)C(=O)CCN1CCCCCC1=O. The number of carbonyl (C=O) groups is 2. The molecule has 2 amide bonds. The molecule has 0 saturated carbocycles. The van der Waals surface area contributed by atoms with Crippen molar-refractivity contribution in [3.05, 3.63) is 28.8 Å². The van der Waals surface area contributed by atoms with E-state index in [4.69, 9.17) is 16.3 Å². The summed E-state index contributed by atoms with van der Waals surface area (Å²) in [5, 5.41) is 0.681. The third-order valence-corrected chi connectivity index (χ3v) is 4.75. The van der Waals surface area contributed by atoms with Crippen molar-refractivity contribution in [3.8, 4) is 5.75 Å². The first-order valence-corrected chi connectivity index (χ1v) is 9.26. The molecule has 0 bridgehead atoms. The number of likely N-dealkylation sites (tertiary alicyclic amines) is 1. The van der Waals surface area contributed by atoms with Crippen molar-refractivity contribution >= 4 is 23.4 Å². The highest BCUT2D eigenvalue weighted by Crippen LogP contribution is 2.21. The van der Waals surface area contributed by atoms with Crippen molar-refractivity contribution in [2.24, 2.45) is 0 Å². The lowest BCUT2D eigenvalue weighted by atomic mass is 10.2. The molecule has 0 unspecified atom stereocenters. The van der Waals surface area contributed by atoms with E-state index >= 15 is 0 Å². The highest BCUT2D eigenvalue weighted by atomic mass is 35.5. The van der Waals surface area contributed by atoms with Crippen LogP contribution in [0, 0.1) is 6.92 Å². The van der Waals surface area contributed by atoms with Gasteiger partial charge in [0.2, 0.25) is 11.8 Å². The summed E-state index contributed by atoms with van der Waals surface area (Å²) in [7, 11) is 1.77. The number of halogens is 1. The van der Waals surface area contributed by atoms with Crippen molar-refractivity contribution in [2.45, 2.75) is 39.0 Å². The Morgan fingerprint density at radius 1 is 1.32 bits per heavy atom. The monoisotopic (exact) mass is 366 g/mol. The summed E-state index contributed by atoms with van der Waals surface area (Å²) in [4.78, 5) is 27.7. The normalized spacial score (nSPS) is 15.0. The van der Waals surface area contributed by atoms with Crippen LogP contribution in [0.3, 0.4) is 0 Å². The molecule has 1 aromatic rings. The van der Waals surface area contributed by atoms with Crippen LogP contribution < -0.4 is 4.74 Å². The molecule has 1 aliphatic heterocycles. The lowest BCUT2D eigenvalue weighted by Gasteiger charge is -2.22. The summed E-state index contributed by atoms with van der Waals surface area (Å²) in [6.45, 7) is 4.16. The van der Waals surface area contributed by atoms with Gasteiger partial charge < -0.3 is 14.5 Å². The van der Waals surface area contributed by atoms with Gasteiger partial charge >= 0.3 is 0 Å². The number of carbonyl (C=O) groups excluding carboxylic acids is 2. The molecule has 0 radical (unpaired) electrons. The molecule has 1 heterocycles. The number of likely N-dealkylation sites (N-methyl/N-ethyl adjacent to an activating group) is 1. The van der Waals surface area contributed by atoms with E-state index in [1.807, 2.05) is 24.0 Å². The average molecular weight is 367 g/mol. The van der Waals surface area contributed by atoms with Gasteiger partial charge in [-0.05, 0) is 43.5 Å². The second-order valence-electron chi connectivity index (χ2n) is 6.52. The molecule has 138 valence electrons. The predicted molar refractivity (Wildman–Crippen MR) is 99.0 cm³/mol. The van der Waals surface area contributed by atoms with Crippen LogP contribution >= 0.6 is 11.6 Å². The van der Waals surface area contributed by atoms with Gasteiger partial charge in [0.15, 0.2) is 0 Å². The average Bonchev–Trinajstić information content (AvgIpc) is 2.78. The van der Waals surface area contributed by atoms with Crippen molar-refractivity contribution in [1.82, 2.24) is 9.80 Å². The maximum absolute atomic E-state index is 12.2. The molecule has 1 aliphatic rings. The van der Waals surface area contributed by atoms with Gasteiger partial charge in [0.05, 0.1) is 6.54 Å². The third kappa shape index (κ3) is 6.24. The van der Waals surface area contributed by atoms with E-state index in [-0.39, 0.29) is 11.8 Å². The Hall–Kier alpha value is -1.75. The van der Waals surface area contributed by atoms with Crippen LogP contribution in [0.4, 0.5) is 0 Å². The quantitative estimate of drug-likeness (QED) is 0.744. The summed E-state index contributed by atoms with van der Waals surface area (Å²) < 4.78 is 5.72. The number of aryl methyl sites for hydroxylation is 1. The molecule has 5 nitrogen and oxygen atoms in total. The molecule has 0 atom stereocenters. The van der Waals surface area contributed by atoms with Gasteiger partial charge in [-0.2, -0.15) is 0 Å².